The van der Waals surface area contributed by atoms with E-state index in [2.05, 4.69) is 34.5 Å². The fourth-order valence-corrected chi connectivity index (χ4v) is 3.92. The van der Waals surface area contributed by atoms with Crippen LogP contribution in [0.2, 0.25) is 0 Å². The highest BCUT2D eigenvalue weighted by Crippen LogP contribution is 2.38. The molecule has 0 aromatic heterocycles. The van der Waals surface area contributed by atoms with Gasteiger partial charge in [-0.25, -0.2) is 0 Å². The number of amides is 1. The fourth-order valence-electron chi connectivity index (χ4n) is 3.92. The third kappa shape index (κ3) is 4.87. The molecule has 1 N–H and O–H groups in total. The van der Waals surface area contributed by atoms with E-state index in [4.69, 9.17) is 14.2 Å². The molecule has 162 valence electrons. The second kappa shape index (κ2) is 9.85. The lowest BCUT2D eigenvalue weighted by Crippen LogP contribution is -2.42. The van der Waals surface area contributed by atoms with Crippen LogP contribution in [0.25, 0.3) is 0 Å². The van der Waals surface area contributed by atoms with E-state index in [1.165, 1.54) is 16.7 Å². The number of methoxy groups -OCH3 is 3. The molecular formula is C24H32N2O4. The summed E-state index contributed by atoms with van der Waals surface area (Å²) in [6.07, 6.45) is 0.911. The van der Waals surface area contributed by atoms with E-state index < -0.39 is 0 Å². The second-order valence-corrected chi connectivity index (χ2v) is 7.89. The average molecular weight is 413 g/mol. The Kier molecular flexibility index (Phi) is 7.21. The Labute approximate surface area is 179 Å². The molecule has 6 nitrogen and oxygen atoms in total. The van der Waals surface area contributed by atoms with Gasteiger partial charge in [0.2, 0.25) is 5.91 Å². The van der Waals surface area contributed by atoms with Gasteiger partial charge in [-0.2, -0.15) is 0 Å². The molecule has 2 aromatic rings. The number of fused-ring (bicyclic) bond motifs is 1. The van der Waals surface area contributed by atoms with E-state index in [1.807, 2.05) is 26.0 Å². The smallest absolute Gasteiger partial charge is 0.222 e. The lowest BCUT2D eigenvalue weighted by molar-refractivity contribution is -0.124. The van der Waals surface area contributed by atoms with Crippen molar-refractivity contribution in [1.29, 1.82) is 0 Å². The molecule has 0 bridgehead atoms. The molecule has 30 heavy (non-hydrogen) atoms. The van der Waals surface area contributed by atoms with Crippen molar-refractivity contribution >= 4 is 5.91 Å². The molecule has 0 aliphatic carbocycles. The van der Waals surface area contributed by atoms with Crippen LogP contribution in [0.1, 0.15) is 36.6 Å². The van der Waals surface area contributed by atoms with Crippen molar-refractivity contribution in [3.05, 3.63) is 53.1 Å². The third-order valence-corrected chi connectivity index (χ3v) is 5.63. The first-order chi connectivity index (χ1) is 14.5. The summed E-state index contributed by atoms with van der Waals surface area (Å²) in [6.45, 7) is 6.02. The molecular weight excluding hydrogens is 380 g/mol. The van der Waals surface area contributed by atoms with Crippen LogP contribution in [0.5, 0.6) is 17.2 Å². The molecule has 6 heteroatoms. The normalized spacial score (nSPS) is 16.1. The minimum absolute atomic E-state index is 0.0439. The number of carbonyl (C=O) groups excluding carboxylic acids is 1. The zero-order valence-electron chi connectivity index (χ0n) is 18.5. The van der Waals surface area contributed by atoms with Crippen LogP contribution in [0.4, 0.5) is 0 Å². The monoisotopic (exact) mass is 412 g/mol. The van der Waals surface area contributed by atoms with Crippen LogP contribution in [0.15, 0.2) is 36.4 Å². The molecule has 0 radical (unpaired) electrons. The van der Waals surface area contributed by atoms with E-state index >= 15 is 0 Å². The van der Waals surface area contributed by atoms with Gasteiger partial charge in [-0.1, -0.05) is 26.0 Å². The highest BCUT2D eigenvalue weighted by atomic mass is 16.5. The van der Waals surface area contributed by atoms with E-state index in [1.54, 1.807) is 21.3 Å². The molecule has 1 unspecified atom stereocenters. The molecule has 0 spiro atoms. The molecule has 1 atom stereocenters. The van der Waals surface area contributed by atoms with Gasteiger partial charge in [0, 0.05) is 25.6 Å². The lowest BCUT2D eigenvalue weighted by Gasteiger charge is -2.38. The van der Waals surface area contributed by atoms with Gasteiger partial charge in [0.25, 0.3) is 0 Å². The molecule has 1 aliphatic rings. The van der Waals surface area contributed by atoms with Gasteiger partial charge in [0.1, 0.15) is 5.75 Å². The minimum atomic E-state index is -0.0506. The topological polar surface area (TPSA) is 60.0 Å². The van der Waals surface area contributed by atoms with Crippen molar-refractivity contribution < 1.29 is 19.0 Å². The summed E-state index contributed by atoms with van der Waals surface area (Å²) in [7, 11) is 4.99. The quantitative estimate of drug-likeness (QED) is 0.718. The highest BCUT2D eigenvalue weighted by molar-refractivity contribution is 5.77. The molecule has 0 saturated carbocycles. The number of hydrogen-bond acceptors (Lipinski definition) is 5. The molecule has 1 amide bonds. The summed E-state index contributed by atoms with van der Waals surface area (Å²) in [5.41, 5.74) is 3.59. The first-order valence-corrected chi connectivity index (χ1v) is 10.4. The van der Waals surface area contributed by atoms with Crippen molar-refractivity contribution in [2.45, 2.75) is 32.9 Å². The van der Waals surface area contributed by atoms with E-state index in [0.29, 0.717) is 12.3 Å². The maximum absolute atomic E-state index is 12.3. The van der Waals surface area contributed by atoms with Crippen molar-refractivity contribution in [2.24, 2.45) is 5.92 Å². The van der Waals surface area contributed by atoms with Gasteiger partial charge in [0.15, 0.2) is 11.5 Å². The predicted molar refractivity (Wildman–Crippen MR) is 117 cm³/mol. The van der Waals surface area contributed by atoms with Crippen LogP contribution in [0, 0.1) is 5.92 Å². The Morgan fingerprint density at radius 3 is 2.50 bits per heavy atom. The summed E-state index contributed by atoms with van der Waals surface area (Å²) in [5, 5.41) is 3.12. The van der Waals surface area contributed by atoms with Crippen LogP contribution in [-0.4, -0.2) is 45.2 Å². The van der Waals surface area contributed by atoms with Gasteiger partial charge in [-0.3, -0.25) is 9.69 Å². The Morgan fingerprint density at radius 1 is 1.10 bits per heavy atom. The van der Waals surface area contributed by atoms with Crippen LogP contribution >= 0.6 is 0 Å². The van der Waals surface area contributed by atoms with Crippen molar-refractivity contribution in [3.8, 4) is 17.2 Å². The minimum Gasteiger partial charge on any atom is -0.497 e. The summed E-state index contributed by atoms with van der Waals surface area (Å²) < 4.78 is 16.4. The molecule has 1 aliphatic heterocycles. The summed E-state index contributed by atoms with van der Waals surface area (Å²) >= 11 is 0. The fraction of sp³-hybridized carbons (Fsp3) is 0.458. The van der Waals surface area contributed by atoms with Crippen LogP contribution in [-0.2, 0) is 17.8 Å². The lowest BCUT2D eigenvalue weighted by atomic mass is 9.91. The SMILES string of the molecule is COc1cccc(CN2CCc3cc(OC)c(OC)cc3C2CNC(=O)C(C)C)c1. The van der Waals surface area contributed by atoms with Gasteiger partial charge in [0.05, 0.1) is 27.4 Å². The Morgan fingerprint density at radius 2 is 1.83 bits per heavy atom. The number of ether oxygens (including phenoxy) is 3. The van der Waals surface area contributed by atoms with E-state index in [0.717, 1.165) is 31.0 Å². The van der Waals surface area contributed by atoms with E-state index in [9.17, 15) is 4.79 Å². The van der Waals surface area contributed by atoms with Crippen molar-refractivity contribution in [1.82, 2.24) is 10.2 Å². The standard InChI is InChI=1S/C24H32N2O4/c1-16(2)24(27)25-14-21-20-13-23(30-5)22(29-4)12-18(20)9-10-26(21)15-17-7-6-8-19(11-17)28-3/h6-8,11-13,16,21H,9-10,14-15H2,1-5H3,(H,25,27). The molecule has 3 rings (SSSR count). The van der Waals surface area contributed by atoms with Crippen LogP contribution in [0.3, 0.4) is 0 Å². The van der Waals surface area contributed by atoms with Crippen LogP contribution < -0.4 is 19.5 Å². The highest BCUT2D eigenvalue weighted by Gasteiger charge is 2.29. The number of nitrogens with zero attached hydrogens (tertiary/aromatic N) is 1. The zero-order chi connectivity index (χ0) is 21.7. The number of nitrogens with one attached hydrogen (secondary N) is 1. The number of hydrogen-bond donors (Lipinski definition) is 1. The first-order valence-electron chi connectivity index (χ1n) is 10.4. The Balaban J connectivity index is 1.92. The van der Waals surface area contributed by atoms with Crippen molar-refractivity contribution in [2.75, 3.05) is 34.4 Å². The van der Waals surface area contributed by atoms with Gasteiger partial charge in [-0.15, -0.1) is 0 Å². The molecule has 2 aromatic carbocycles. The molecule has 0 saturated heterocycles. The molecule has 1 heterocycles. The Hall–Kier alpha value is -2.73. The van der Waals surface area contributed by atoms with Crippen molar-refractivity contribution in [3.63, 3.8) is 0 Å². The summed E-state index contributed by atoms with van der Waals surface area (Å²) in [6, 6.07) is 12.3. The van der Waals surface area contributed by atoms with Gasteiger partial charge in [-0.05, 0) is 47.4 Å². The Bertz CT molecular complexity index is 882. The number of benzene rings is 2. The summed E-state index contributed by atoms with van der Waals surface area (Å²) in [4.78, 5) is 14.7. The average Bonchev–Trinajstić information content (AvgIpc) is 2.77. The van der Waals surface area contributed by atoms with E-state index in [-0.39, 0.29) is 17.9 Å². The largest absolute Gasteiger partial charge is 0.497 e. The third-order valence-electron chi connectivity index (χ3n) is 5.63. The maximum atomic E-state index is 12.3. The first kappa shape index (κ1) is 22.0. The zero-order valence-corrected chi connectivity index (χ0v) is 18.5. The second-order valence-electron chi connectivity index (χ2n) is 7.89. The van der Waals surface area contributed by atoms with Gasteiger partial charge < -0.3 is 19.5 Å². The maximum Gasteiger partial charge on any atom is 0.222 e. The van der Waals surface area contributed by atoms with Gasteiger partial charge >= 0.3 is 0 Å². The number of rotatable bonds is 8. The molecule has 0 fully saturated rings. The summed E-state index contributed by atoms with van der Waals surface area (Å²) in [5.74, 6) is 2.30. The predicted octanol–water partition coefficient (Wildman–Crippen LogP) is 3.58. The number of carbonyl (C=O) groups is 1.